The number of amides is 2. The van der Waals surface area contributed by atoms with Gasteiger partial charge in [-0.2, -0.15) is 0 Å². The van der Waals surface area contributed by atoms with E-state index in [9.17, 15) is 9.59 Å². The second-order valence-corrected chi connectivity index (χ2v) is 5.28. The highest BCUT2D eigenvalue weighted by Gasteiger charge is 2.08. The van der Waals surface area contributed by atoms with E-state index in [0.717, 1.165) is 22.5 Å². The maximum atomic E-state index is 12.1. The fourth-order valence-electron chi connectivity index (χ4n) is 2.11. The van der Waals surface area contributed by atoms with Crippen LogP contribution >= 0.6 is 0 Å². The number of anilines is 2. The number of aryl methyl sites for hydroxylation is 1. The average Bonchev–Trinajstić information content (AvgIpc) is 2.49. The third-order valence-electron chi connectivity index (χ3n) is 3.58. The second kappa shape index (κ2) is 6.89. The summed E-state index contributed by atoms with van der Waals surface area (Å²) in [6.07, 6.45) is 0.304. The summed E-state index contributed by atoms with van der Waals surface area (Å²) >= 11 is 0. The first-order chi connectivity index (χ1) is 10.5. The normalized spacial score (nSPS) is 10.1. The van der Waals surface area contributed by atoms with Gasteiger partial charge in [0, 0.05) is 25.3 Å². The molecular formula is C18H20N2O2. The second-order valence-electron chi connectivity index (χ2n) is 5.28. The molecule has 22 heavy (non-hydrogen) atoms. The molecule has 0 spiro atoms. The zero-order valence-corrected chi connectivity index (χ0v) is 13.1. The molecule has 1 N–H and O–H groups in total. The lowest BCUT2D eigenvalue weighted by atomic mass is 10.1. The van der Waals surface area contributed by atoms with Crippen LogP contribution in [0.25, 0.3) is 0 Å². The van der Waals surface area contributed by atoms with Gasteiger partial charge < -0.3 is 10.2 Å². The van der Waals surface area contributed by atoms with E-state index in [2.05, 4.69) is 5.32 Å². The van der Waals surface area contributed by atoms with Gasteiger partial charge in [-0.25, -0.2) is 0 Å². The predicted molar refractivity (Wildman–Crippen MR) is 89.0 cm³/mol. The number of hydrogen-bond donors (Lipinski definition) is 1. The fraction of sp³-hybridized carbons (Fsp3) is 0.222. The number of benzene rings is 2. The summed E-state index contributed by atoms with van der Waals surface area (Å²) in [7, 11) is 1.72. The Labute approximate surface area is 130 Å². The summed E-state index contributed by atoms with van der Waals surface area (Å²) in [5.41, 5.74) is 3.59. The average molecular weight is 296 g/mol. The maximum absolute atomic E-state index is 12.1. The molecule has 0 aromatic heterocycles. The van der Waals surface area contributed by atoms with Crippen LogP contribution in [0.3, 0.4) is 0 Å². The van der Waals surface area contributed by atoms with Gasteiger partial charge in [0.05, 0.1) is 6.42 Å². The SMILES string of the molecule is CC(=O)N(C)c1ccc(CC(=O)Nc2ccccc2C)cc1. The highest BCUT2D eigenvalue weighted by Crippen LogP contribution is 2.16. The van der Waals surface area contributed by atoms with Gasteiger partial charge in [0.1, 0.15) is 0 Å². The Balaban J connectivity index is 2.00. The number of carbonyl (C=O) groups excluding carboxylic acids is 2. The van der Waals surface area contributed by atoms with Crippen LogP contribution in [0.4, 0.5) is 11.4 Å². The number of nitrogens with one attached hydrogen (secondary N) is 1. The summed E-state index contributed by atoms with van der Waals surface area (Å²) < 4.78 is 0. The van der Waals surface area contributed by atoms with Gasteiger partial charge in [0.25, 0.3) is 0 Å². The molecule has 0 fully saturated rings. The molecule has 2 amide bonds. The minimum absolute atomic E-state index is 0.0231. The van der Waals surface area contributed by atoms with Crippen molar-refractivity contribution in [2.45, 2.75) is 20.3 Å². The van der Waals surface area contributed by atoms with Crippen molar-refractivity contribution in [1.82, 2.24) is 0 Å². The fourth-order valence-corrected chi connectivity index (χ4v) is 2.11. The Kier molecular flexibility index (Phi) is 4.94. The van der Waals surface area contributed by atoms with Gasteiger partial charge in [0.15, 0.2) is 0 Å². The predicted octanol–water partition coefficient (Wildman–Crippen LogP) is 3.16. The first-order valence-corrected chi connectivity index (χ1v) is 7.16. The third-order valence-corrected chi connectivity index (χ3v) is 3.58. The van der Waals surface area contributed by atoms with Crippen LogP contribution in [0.15, 0.2) is 48.5 Å². The van der Waals surface area contributed by atoms with Crippen molar-refractivity contribution in [2.75, 3.05) is 17.3 Å². The lowest BCUT2D eigenvalue weighted by molar-refractivity contribution is -0.116. The van der Waals surface area contributed by atoms with Gasteiger partial charge >= 0.3 is 0 Å². The van der Waals surface area contributed by atoms with Gasteiger partial charge in [0.2, 0.25) is 11.8 Å². The molecule has 2 rings (SSSR count). The first kappa shape index (κ1) is 15.8. The molecule has 0 heterocycles. The van der Waals surface area contributed by atoms with Crippen LogP contribution in [-0.4, -0.2) is 18.9 Å². The number of hydrogen-bond acceptors (Lipinski definition) is 2. The van der Waals surface area contributed by atoms with Gasteiger partial charge in [-0.15, -0.1) is 0 Å². The first-order valence-electron chi connectivity index (χ1n) is 7.16. The monoisotopic (exact) mass is 296 g/mol. The van der Waals surface area contributed by atoms with Gasteiger partial charge in [-0.3, -0.25) is 9.59 Å². The molecule has 0 aliphatic carbocycles. The molecule has 2 aromatic carbocycles. The lowest BCUT2D eigenvalue weighted by Gasteiger charge is -2.15. The summed E-state index contributed by atoms with van der Waals surface area (Å²) in [5.74, 6) is -0.0768. The Hall–Kier alpha value is -2.62. The van der Waals surface area contributed by atoms with E-state index < -0.39 is 0 Å². The topological polar surface area (TPSA) is 49.4 Å². The highest BCUT2D eigenvalue weighted by atomic mass is 16.2. The molecule has 0 radical (unpaired) electrons. The molecule has 0 aliphatic rings. The van der Waals surface area contributed by atoms with Crippen molar-refractivity contribution >= 4 is 23.2 Å². The largest absolute Gasteiger partial charge is 0.326 e. The van der Waals surface area contributed by atoms with Crippen molar-refractivity contribution in [3.8, 4) is 0 Å². The van der Waals surface area contributed by atoms with Crippen LogP contribution < -0.4 is 10.2 Å². The number of carbonyl (C=O) groups is 2. The number of para-hydroxylation sites is 1. The smallest absolute Gasteiger partial charge is 0.228 e. The van der Waals surface area contributed by atoms with Crippen molar-refractivity contribution < 1.29 is 9.59 Å². The van der Waals surface area contributed by atoms with E-state index in [1.54, 1.807) is 11.9 Å². The molecule has 4 nitrogen and oxygen atoms in total. The summed E-state index contributed by atoms with van der Waals surface area (Å²) in [4.78, 5) is 25.0. The van der Waals surface area contributed by atoms with Gasteiger partial charge in [-0.05, 0) is 36.2 Å². The third kappa shape index (κ3) is 3.95. The number of nitrogens with zero attached hydrogens (tertiary/aromatic N) is 1. The van der Waals surface area contributed by atoms with E-state index in [1.807, 2.05) is 55.5 Å². The van der Waals surface area contributed by atoms with E-state index in [0.29, 0.717) is 6.42 Å². The minimum Gasteiger partial charge on any atom is -0.326 e. The molecule has 0 saturated heterocycles. The van der Waals surface area contributed by atoms with Gasteiger partial charge in [-0.1, -0.05) is 30.3 Å². The zero-order valence-electron chi connectivity index (χ0n) is 13.1. The summed E-state index contributed by atoms with van der Waals surface area (Å²) in [5, 5.41) is 2.91. The Morgan fingerprint density at radius 3 is 2.27 bits per heavy atom. The van der Waals surface area contributed by atoms with Crippen LogP contribution in [0.5, 0.6) is 0 Å². The molecule has 0 unspecified atom stereocenters. The zero-order chi connectivity index (χ0) is 16.1. The Morgan fingerprint density at radius 1 is 1.05 bits per heavy atom. The van der Waals surface area contributed by atoms with Crippen LogP contribution in [0.1, 0.15) is 18.1 Å². The highest BCUT2D eigenvalue weighted by molar-refractivity contribution is 5.93. The maximum Gasteiger partial charge on any atom is 0.228 e. The van der Waals surface area contributed by atoms with E-state index >= 15 is 0 Å². The quantitative estimate of drug-likeness (QED) is 0.942. The van der Waals surface area contributed by atoms with Crippen molar-refractivity contribution in [3.63, 3.8) is 0 Å². The van der Waals surface area contributed by atoms with E-state index in [-0.39, 0.29) is 11.8 Å². The van der Waals surface area contributed by atoms with Crippen LogP contribution in [0.2, 0.25) is 0 Å². The van der Waals surface area contributed by atoms with Crippen LogP contribution in [-0.2, 0) is 16.0 Å². The Morgan fingerprint density at radius 2 is 1.68 bits per heavy atom. The molecule has 2 aromatic rings. The van der Waals surface area contributed by atoms with E-state index in [1.165, 1.54) is 6.92 Å². The summed E-state index contributed by atoms with van der Waals surface area (Å²) in [6, 6.07) is 15.1. The van der Waals surface area contributed by atoms with Crippen molar-refractivity contribution in [1.29, 1.82) is 0 Å². The molecule has 0 saturated carbocycles. The van der Waals surface area contributed by atoms with Crippen molar-refractivity contribution in [3.05, 3.63) is 59.7 Å². The van der Waals surface area contributed by atoms with E-state index in [4.69, 9.17) is 0 Å². The molecule has 0 aliphatic heterocycles. The molecule has 0 bridgehead atoms. The summed E-state index contributed by atoms with van der Waals surface area (Å²) in [6.45, 7) is 3.48. The van der Waals surface area contributed by atoms with Crippen LogP contribution in [0, 0.1) is 6.92 Å². The molecule has 114 valence electrons. The number of rotatable bonds is 4. The standard InChI is InChI=1S/C18H20N2O2/c1-13-6-4-5-7-17(13)19-18(22)12-15-8-10-16(11-9-15)20(3)14(2)21/h4-11H,12H2,1-3H3,(H,19,22). The lowest BCUT2D eigenvalue weighted by Crippen LogP contribution is -2.22. The minimum atomic E-state index is -0.0537. The molecular weight excluding hydrogens is 276 g/mol. The Bertz CT molecular complexity index is 678. The van der Waals surface area contributed by atoms with Crippen molar-refractivity contribution in [2.24, 2.45) is 0 Å². The molecule has 4 heteroatoms. The molecule has 0 atom stereocenters.